The second-order valence-electron chi connectivity index (χ2n) is 5.01. The molecule has 1 aromatic heterocycles. The summed E-state index contributed by atoms with van der Waals surface area (Å²) < 4.78 is 2.50. The van der Waals surface area contributed by atoms with E-state index in [1.165, 1.54) is 31.7 Å². The van der Waals surface area contributed by atoms with Crippen LogP contribution < -0.4 is 0 Å². The van der Waals surface area contributed by atoms with Crippen LogP contribution in [0.5, 0.6) is 0 Å². The lowest BCUT2D eigenvalue weighted by molar-refractivity contribution is 0.897. The van der Waals surface area contributed by atoms with Crippen LogP contribution in [-0.4, -0.2) is 6.21 Å². The predicted molar refractivity (Wildman–Crippen MR) is 90.1 cm³/mol. The van der Waals surface area contributed by atoms with Crippen molar-refractivity contribution in [3.63, 3.8) is 0 Å². The highest BCUT2D eigenvalue weighted by Gasteiger charge is 2.26. The zero-order valence-corrected chi connectivity index (χ0v) is 13.3. The van der Waals surface area contributed by atoms with Crippen LogP contribution in [0.3, 0.4) is 0 Å². The van der Waals surface area contributed by atoms with Crippen molar-refractivity contribution in [2.24, 2.45) is 4.99 Å². The summed E-state index contributed by atoms with van der Waals surface area (Å²) in [5, 5.41) is 1.34. The van der Waals surface area contributed by atoms with Gasteiger partial charge in [-0.2, -0.15) is 0 Å². The highest BCUT2D eigenvalue weighted by atomic mass is 79.9. The van der Waals surface area contributed by atoms with Crippen LogP contribution in [-0.2, 0) is 0 Å². The van der Waals surface area contributed by atoms with Gasteiger partial charge in [-0.15, -0.1) is 11.3 Å². The molecule has 0 aliphatic carbocycles. The molecule has 1 nitrogen and oxygen atoms in total. The lowest BCUT2D eigenvalue weighted by Crippen LogP contribution is -1.98. The highest BCUT2D eigenvalue weighted by molar-refractivity contribution is 9.10. The Bertz CT molecular complexity index is 847. The first-order valence-electron chi connectivity index (χ1n) is 6.55. The molecule has 3 heteroatoms. The third-order valence-corrected chi connectivity index (χ3v) is 5.86. The normalized spacial score (nSPS) is 16.8. The molecule has 98 valence electrons. The molecule has 2 heterocycles. The number of aliphatic imine (C=N–C) groups is 1. The Hall–Kier alpha value is -1.45. The van der Waals surface area contributed by atoms with E-state index in [1.807, 2.05) is 17.6 Å². The third kappa shape index (κ3) is 1.70. The van der Waals surface area contributed by atoms with Crippen LogP contribution in [0.4, 0.5) is 0 Å². The number of halogens is 1. The topological polar surface area (TPSA) is 12.4 Å². The van der Waals surface area contributed by atoms with Gasteiger partial charge in [-0.25, -0.2) is 0 Å². The Balaban J connectivity index is 1.96. The van der Waals surface area contributed by atoms with E-state index in [9.17, 15) is 0 Å². The molecule has 0 radical (unpaired) electrons. The Labute approximate surface area is 130 Å². The summed E-state index contributed by atoms with van der Waals surface area (Å²) in [6.07, 6.45) is 2.03. The quantitative estimate of drug-likeness (QED) is 0.554. The van der Waals surface area contributed by atoms with E-state index in [-0.39, 0.29) is 6.04 Å². The van der Waals surface area contributed by atoms with Gasteiger partial charge in [-0.05, 0) is 35.6 Å². The molecule has 0 spiro atoms. The molecule has 1 atom stereocenters. The fourth-order valence-corrected chi connectivity index (χ4v) is 4.33. The number of rotatable bonds is 1. The molecular weight excluding hydrogens is 330 g/mol. The Morgan fingerprint density at radius 1 is 1.10 bits per heavy atom. The summed E-state index contributed by atoms with van der Waals surface area (Å²) in [5.74, 6) is 0. The van der Waals surface area contributed by atoms with Crippen molar-refractivity contribution in [2.45, 2.75) is 13.0 Å². The first-order chi connectivity index (χ1) is 9.75. The Morgan fingerprint density at radius 3 is 2.85 bits per heavy atom. The molecule has 0 saturated carbocycles. The Morgan fingerprint density at radius 2 is 1.95 bits per heavy atom. The van der Waals surface area contributed by atoms with Crippen molar-refractivity contribution in [1.29, 1.82) is 0 Å². The molecule has 1 aliphatic rings. The maximum Gasteiger partial charge on any atom is 0.102 e. The summed E-state index contributed by atoms with van der Waals surface area (Å²) >= 11 is 5.46. The maximum absolute atomic E-state index is 4.75. The molecule has 20 heavy (non-hydrogen) atoms. The van der Waals surface area contributed by atoms with Gasteiger partial charge in [0.2, 0.25) is 0 Å². The second-order valence-corrected chi connectivity index (χ2v) is 6.95. The van der Waals surface area contributed by atoms with Gasteiger partial charge in [0.25, 0.3) is 0 Å². The molecule has 0 saturated heterocycles. The van der Waals surface area contributed by atoms with E-state index in [0.29, 0.717) is 0 Å². The van der Waals surface area contributed by atoms with Crippen LogP contribution in [0.2, 0.25) is 0 Å². The van der Waals surface area contributed by atoms with Gasteiger partial charge < -0.3 is 0 Å². The average Bonchev–Trinajstić information content (AvgIpc) is 3.01. The molecule has 1 unspecified atom stereocenters. The lowest BCUT2D eigenvalue weighted by Gasteiger charge is -2.13. The van der Waals surface area contributed by atoms with Crippen LogP contribution in [0.15, 0.2) is 51.9 Å². The lowest BCUT2D eigenvalue weighted by atomic mass is 9.95. The average molecular weight is 342 g/mol. The van der Waals surface area contributed by atoms with Crippen molar-refractivity contribution >= 4 is 43.6 Å². The summed E-state index contributed by atoms with van der Waals surface area (Å²) in [7, 11) is 0. The second kappa shape index (κ2) is 4.54. The minimum Gasteiger partial charge on any atom is -0.279 e. The zero-order valence-electron chi connectivity index (χ0n) is 10.9. The summed E-state index contributed by atoms with van der Waals surface area (Å²) in [6, 6.07) is 15.1. The minimum absolute atomic E-state index is 0.138. The van der Waals surface area contributed by atoms with E-state index in [4.69, 9.17) is 4.99 Å². The number of thiophene rings is 1. The first-order valence-corrected chi connectivity index (χ1v) is 8.16. The fourth-order valence-electron chi connectivity index (χ4n) is 2.84. The van der Waals surface area contributed by atoms with Gasteiger partial charge in [0.15, 0.2) is 0 Å². The van der Waals surface area contributed by atoms with Crippen LogP contribution in [0.1, 0.15) is 27.6 Å². The van der Waals surface area contributed by atoms with Crippen LogP contribution in [0, 0.1) is 6.92 Å². The molecule has 3 aromatic rings. The molecule has 0 bridgehead atoms. The molecular formula is C17H12BrNS. The van der Waals surface area contributed by atoms with Crippen molar-refractivity contribution in [2.75, 3.05) is 0 Å². The van der Waals surface area contributed by atoms with Crippen LogP contribution in [0.25, 0.3) is 10.1 Å². The van der Waals surface area contributed by atoms with Crippen molar-refractivity contribution in [3.8, 4) is 0 Å². The summed E-state index contributed by atoms with van der Waals surface area (Å²) in [4.78, 5) is 6.05. The van der Waals surface area contributed by atoms with E-state index in [0.717, 1.165) is 4.47 Å². The van der Waals surface area contributed by atoms with Gasteiger partial charge in [0, 0.05) is 21.0 Å². The maximum atomic E-state index is 4.75. The minimum atomic E-state index is 0.138. The number of hydrogen-bond donors (Lipinski definition) is 0. The smallest absolute Gasteiger partial charge is 0.102 e. The SMILES string of the molecule is Cc1c(Br)cccc1C1N=Cc2sc3ccccc3c21. The van der Waals surface area contributed by atoms with E-state index in [1.54, 1.807) is 0 Å². The van der Waals surface area contributed by atoms with Gasteiger partial charge in [0.05, 0.1) is 4.88 Å². The number of benzene rings is 2. The highest BCUT2D eigenvalue weighted by Crippen LogP contribution is 2.43. The van der Waals surface area contributed by atoms with Gasteiger partial charge >= 0.3 is 0 Å². The zero-order chi connectivity index (χ0) is 13.7. The monoisotopic (exact) mass is 341 g/mol. The standard InChI is InChI=1S/C17H12BrNS/c1-10-11(6-4-7-13(10)18)17-16-12-5-2-3-8-14(12)20-15(16)9-19-17/h2-9,17H,1H3. The first kappa shape index (κ1) is 12.3. The molecule has 4 rings (SSSR count). The molecule has 2 aromatic carbocycles. The summed E-state index contributed by atoms with van der Waals surface area (Å²) in [5.41, 5.74) is 3.93. The van der Waals surface area contributed by atoms with Gasteiger partial charge in [-0.3, -0.25) is 4.99 Å². The van der Waals surface area contributed by atoms with E-state index < -0.39 is 0 Å². The number of hydrogen-bond acceptors (Lipinski definition) is 2. The molecule has 0 fully saturated rings. The van der Waals surface area contributed by atoms with Crippen molar-refractivity contribution in [1.82, 2.24) is 0 Å². The van der Waals surface area contributed by atoms with E-state index in [2.05, 4.69) is 65.3 Å². The third-order valence-electron chi connectivity index (χ3n) is 3.88. The van der Waals surface area contributed by atoms with Crippen molar-refractivity contribution in [3.05, 3.63) is 68.5 Å². The molecule has 0 amide bonds. The van der Waals surface area contributed by atoms with Crippen LogP contribution >= 0.6 is 27.3 Å². The van der Waals surface area contributed by atoms with Crippen molar-refractivity contribution < 1.29 is 0 Å². The fraction of sp³-hybridized carbons (Fsp3) is 0.118. The largest absolute Gasteiger partial charge is 0.279 e. The predicted octanol–water partition coefficient (Wildman–Crippen LogP) is 5.49. The molecule has 0 N–H and O–H groups in total. The number of fused-ring (bicyclic) bond motifs is 3. The Kier molecular flexibility index (Phi) is 2.79. The summed E-state index contributed by atoms with van der Waals surface area (Å²) in [6.45, 7) is 2.15. The number of nitrogens with zero attached hydrogens (tertiary/aromatic N) is 1. The van der Waals surface area contributed by atoms with Gasteiger partial charge in [-0.1, -0.05) is 46.3 Å². The molecule has 1 aliphatic heterocycles. The van der Waals surface area contributed by atoms with E-state index >= 15 is 0 Å². The van der Waals surface area contributed by atoms with Gasteiger partial charge in [0.1, 0.15) is 6.04 Å².